The van der Waals surface area contributed by atoms with Crippen molar-refractivity contribution in [3.63, 3.8) is 0 Å². The molecule has 112 valence electrons. The van der Waals surface area contributed by atoms with Crippen LogP contribution in [0.1, 0.15) is 39.0 Å². The van der Waals surface area contributed by atoms with Gasteiger partial charge in [0.1, 0.15) is 0 Å². The Morgan fingerprint density at radius 3 is 2.53 bits per heavy atom. The fourth-order valence-corrected chi connectivity index (χ4v) is 2.60. The lowest BCUT2D eigenvalue weighted by atomic mass is 10.2. The second kappa shape index (κ2) is 11.0. The highest BCUT2D eigenvalue weighted by atomic mass is 32.2. The lowest BCUT2D eigenvalue weighted by molar-refractivity contribution is -0.137. The van der Waals surface area contributed by atoms with E-state index in [9.17, 15) is 9.59 Å². The van der Waals surface area contributed by atoms with Gasteiger partial charge in [-0.2, -0.15) is 11.8 Å². The molecule has 2 N–H and O–H groups in total. The van der Waals surface area contributed by atoms with Crippen molar-refractivity contribution in [1.29, 1.82) is 0 Å². The Kier molecular flexibility index (Phi) is 10.4. The van der Waals surface area contributed by atoms with Gasteiger partial charge in [-0.3, -0.25) is 4.79 Å². The molecule has 0 aromatic rings. The van der Waals surface area contributed by atoms with Crippen LogP contribution in [-0.4, -0.2) is 53.6 Å². The molecule has 0 bridgehead atoms. The van der Waals surface area contributed by atoms with Crippen molar-refractivity contribution in [3.05, 3.63) is 0 Å². The van der Waals surface area contributed by atoms with E-state index in [1.807, 2.05) is 13.3 Å². The van der Waals surface area contributed by atoms with Crippen LogP contribution in [0.3, 0.4) is 0 Å². The SMILES string of the molecule is CCC(CSC)N(C)C(=O)NCCCCCC(=O)O. The quantitative estimate of drug-likeness (QED) is 0.606. The highest BCUT2D eigenvalue weighted by Gasteiger charge is 2.16. The van der Waals surface area contributed by atoms with Crippen molar-refractivity contribution in [2.24, 2.45) is 0 Å². The summed E-state index contributed by atoms with van der Waals surface area (Å²) in [6.45, 7) is 2.69. The molecule has 0 aliphatic carbocycles. The summed E-state index contributed by atoms with van der Waals surface area (Å²) in [4.78, 5) is 23.9. The van der Waals surface area contributed by atoms with E-state index in [1.54, 1.807) is 16.7 Å². The predicted molar refractivity (Wildman–Crippen MR) is 79.7 cm³/mol. The van der Waals surface area contributed by atoms with Crippen LogP contribution in [0.4, 0.5) is 4.79 Å². The molecule has 0 spiro atoms. The summed E-state index contributed by atoms with van der Waals surface area (Å²) in [5.74, 6) is 0.186. The molecule has 1 atom stereocenters. The summed E-state index contributed by atoms with van der Waals surface area (Å²) in [5, 5.41) is 11.4. The van der Waals surface area contributed by atoms with Crippen LogP contribution in [0.25, 0.3) is 0 Å². The van der Waals surface area contributed by atoms with E-state index in [0.717, 1.165) is 25.0 Å². The Morgan fingerprint density at radius 1 is 1.32 bits per heavy atom. The first kappa shape index (κ1) is 18.1. The molecule has 0 fully saturated rings. The maximum atomic E-state index is 11.9. The van der Waals surface area contributed by atoms with Crippen LogP contribution in [0, 0.1) is 0 Å². The Bertz CT molecular complexity index is 275. The van der Waals surface area contributed by atoms with Gasteiger partial charge in [0.2, 0.25) is 0 Å². The van der Waals surface area contributed by atoms with Gasteiger partial charge < -0.3 is 15.3 Å². The molecule has 0 aromatic carbocycles. The number of rotatable bonds is 10. The first-order chi connectivity index (χ1) is 9.02. The minimum absolute atomic E-state index is 0.0425. The number of nitrogens with one attached hydrogen (secondary N) is 1. The van der Waals surface area contributed by atoms with Crippen molar-refractivity contribution in [3.8, 4) is 0 Å². The molecule has 0 aromatic heterocycles. The van der Waals surface area contributed by atoms with E-state index in [2.05, 4.69) is 12.2 Å². The minimum atomic E-state index is -0.758. The van der Waals surface area contributed by atoms with E-state index >= 15 is 0 Å². The normalized spacial score (nSPS) is 11.9. The smallest absolute Gasteiger partial charge is 0.317 e. The third kappa shape index (κ3) is 8.75. The minimum Gasteiger partial charge on any atom is -0.481 e. The van der Waals surface area contributed by atoms with Crippen LogP contribution in [-0.2, 0) is 4.79 Å². The largest absolute Gasteiger partial charge is 0.481 e. The lowest BCUT2D eigenvalue weighted by Crippen LogP contribution is -2.44. The van der Waals surface area contributed by atoms with E-state index in [4.69, 9.17) is 5.11 Å². The molecular formula is C13H26N2O3S. The third-order valence-electron chi connectivity index (χ3n) is 3.04. The van der Waals surface area contributed by atoms with Crippen LogP contribution in [0.2, 0.25) is 0 Å². The number of carbonyl (C=O) groups excluding carboxylic acids is 1. The standard InChI is InChI=1S/C13H26N2O3S/c1-4-11(10-19-3)15(2)13(18)14-9-7-5-6-8-12(16)17/h11H,4-10H2,1-3H3,(H,14,18)(H,16,17). The number of carboxylic acids is 1. The molecule has 0 radical (unpaired) electrons. The van der Waals surface area contributed by atoms with Crippen LogP contribution < -0.4 is 5.32 Å². The number of amides is 2. The van der Waals surface area contributed by atoms with Crippen molar-refractivity contribution in [2.75, 3.05) is 25.6 Å². The van der Waals surface area contributed by atoms with Crippen molar-refractivity contribution in [1.82, 2.24) is 10.2 Å². The summed E-state index contributed by atoms with van der Waals surface area (Å²) in [6, 6.07) is 0.223. The van der Waals surface area contributed by atoms with Crippen LogP contribution >= 0.6 is 11.8 Å². The number of nitrogens with zero attached hydrogens (tertiary/aromatic N) is 1. The van der Waals surface area contributed by atoms with Gasteiger partial charge in [0, 0.05) is 31.8 Å². The average Bonchev–Trinajstić information content (AvgIpc) is 2.38. The molecule has 5 nitrogen and oxygen atoms in total. The van der Waals surface area contributed by atoms with Gasteiger partial charge in [0.05, 0.1) is 0 Å². The maximum Gasteiger partial charge on any atom is 0.317 e. The Morgan fingerprint density at radius 2 is 2.00 bits per heavy atom. The number of hydrogen-bond donors (Lipinski definition) is 2. The second-order valence-corrected chi connectivity index (χ2v) is 5.48. The summed E-state index contributed by atoms with van der Waals surface area (Å²) >= 11 is 1.74. The fraction of sp³-hybridized carbons (Fsp3) is 0.846. The molecule has 6 heteroatoms. The number of carboxylic acid groups (broad SMARTS) is 1. The average molecular weight is 290 g/mol. The summed E-state index contributed by atoms with van der Waals surface area (Å²) in [7, 11) is 1.82. The van der Waals surface area contributed by atoms with Crippen molar-refractivity contribution in [2.45, 2.75) is 45.1 Å². The van der Waals surface area contributed by atoms with Gasteiger partial charge in [-0.25, -0.2) is 4.79 Å². The zero-order chi connectivity index (χ0) is 14.7. The number of carbonyl (C=O) groups is 2. The van der Waals surface area contributed by atoms with E-state index in [-0.39, 0.29) is 18.5 Å². The fourth-order valence-electron chi connectivity index (χ4n) is 1.76. The number of urea groups is 1. The monoisotopic (exact) mass is 290 g/mol. The van der Waals surface area contributed by atoms with Crippen molar-refractivity contribution >= 4 is 23.8 Å². The lowest BCUT2D eigenvalue weighted by Gasteiger charge is -2.26. The third-order valence-corrected chi connectivity index (χ3v) is 3.76. The summed E-state index contributed by atoms with van der Waals surface area (Å²) in [6.07, 6.45) is 5.52. The van der Waals surface area contributed by atoms with Crippen molar-refractivity contribution < 1.29 is 14.7 Å². The number of aliphatic carboxylic acids is 1. The van der Waals surface area contributed by atoms with Crippen LogP contribution in [0.5, 0.6) is 0 Å². The van der Waals surface area contributed by atoms with Gasteiger partial charge in [-0.15, -0.1) is 0 Å². The Labute approximate surface area is 120 Å². The van der Waals surface area contributed by atoms with Gasteiger partial charge in [0.25, 0.3) is 0 Å². The number of hydrogen-bond acceptors (Lipinski definition) is 3. The van der Waals surface area contributed by atoms with E-state index in [1.165, 1.54) is 0 Å². The molecule has 1 unspecified atom stereocenters. The topological polar surface area (TPSA) is 69.6 Å². The first-order valence-corrected chi connectivity index (χ1v) is 8.13. The number of unbranched alkanes of at least 4 members (excludes halogenated alkanes) is 2. The number of thioether (sulfide) groups is 1. The van der Waals surface area contributed by atoms with Gasteiger partial charge >= 0.3 is 12.0 Å². The molecule has 0 heterocycles. The molecule has 0 aliphatic rings. The van der Waals surface area contributed by atoms with Gasteiger partial charge in [0.15, 0.2) is 0 Å². The highest BCUT2D eigenvalue weighted by Crippen LogP contribution is 2.08. The molecule has 0 rings (SSSR count). The highest BCUT2D eigenvalue weighted by molar-refractivity contribution is 7.98. The Balaban J connectivity index is 3.75. The predicted octanol–water partition coefficient (Wildman–Crippen LogP) is 2.41. The molecular weight excluding hydrogens is 264 g/mol. The molecule has 19 heavy (non-hydrogen) atoms. The first-order valence-electron chi connectivity index (χ1n) is 6.74. The van der Waals surface area contributed by atoms with E-state index < -0.39 is 5.97 Å². The van der Waals surface area contributed by atoms with Gasteiger partial charge in [-0.05, 0) is 25.5 Å². The Hall–Kier alpha value is -0.910. The molecule has 0 saturated heterocycles. The zero-order valence-corrected chi connectivity index (χ0v) is 13.0. The molecule has 0 saturated carbocycles. The van der Waals surface area contributed by atoms with Gasteiger partial charge in [-0.1, -0.05) is 13.3 Å². The maximum absolute atomic E-state index is 11.9. The molecule has 2 amide bonds. The van der Waals surface area contributed by atoms with Crippen LogP contribution in [0.15, 0.2) is 0 Å². The zero-order valence-electron chi connectivity index (χ0n) is 12.1. The summed E-state index contributed by atoms with van der Waals surface area (Å²) < 4.78 is 0. The second-order valence-electron chi connectivity index (χ2n) is 4.56. The van der Waals surface area contributed by atoms with E-state index in [0.29, 0.717) is 13.0 Å². The summed E-state index contributed by atoms with van der Waals surface area (Å²) in [5.41, 5.74) is 0. The molecule has 0 aliphatic heterocycles.